The zero-order chi connectivity index (χ0) is 38.1. The minimum Gasteiger partial charge on any atom is -0.462 e. The van der Waals surface area contributed by atoms with Crippen molar-refractivity contribution < 1.29 is 43.4 Å². The third-order valence-electron chi connectivity index (χ3n) is 13.1. The van der Waals surface area contributed by atoms with Crippen LogP contribution in [0.3, 0.4) is 0 Å². The first-order valence-electron chi connectivity index (χ1n) is 19.4. The average Bonchev–Trinajstić information content (AvgIpc) is 3.02. The standard InChI is InChI=1S/C40H75NO9/c1-17-30-39(11,12)27(7)23(3)18-22(2)20-38(9,10)35(50-37-32(42)29(41(14)15)19-24(4)46-37)25(5)33(26(6)36(44)48-30)49-31-21-40(13,45-16)34(43)28(8)47-31/h22-35,37,42-43H,17-21H2,1-16H3/t22?,23?,24?,25?,26?,27-,28?,29?,30-,31?,32?,33?,34?,35?,37?,40?/m1/s1. The molecule has 3 fully saturated rings. The van der Waals surface area contributed by atoms with Gasteiger partial charge in [-0.05, 0) is 90.6 Å². The molecule has 0 bridgehead atoms. The summed E-state index contributed by atoms with van der Waals surface area (Å²) in [6.07, 6.45) is -1.89. The second kappa shape index (κ2) is 17.1. The molecule has 3 aliphatic rings. The number of hydrogen-bond acceptors (Lipinski definition) is 10. The molecular formula is C40H75NO9. The Morgan fingerprint density at radius 1 is 0.900 bits per heavy atom. The maximum absolute atomic E-state index is 14.3. The van der Waals surface area contributed by atoms with Crippen molar-refractivity contribution >= 4 is 5.97 Å². The van der Waals surface area contributed by atoms with Crippen LogP contribution in [0.2, 0.25) is 0 Å². The Kier molecular flexibility index (Phi) is 14.9. The molecule has 3 aliphatic heterocycles. The van der Waals surface area contributed by atoms with E-state index < -0.39 is 60.0 Å². The molecule has 294 valence electrons. The van der Waals surface area contributed by atoms with E-state index in [1.165, 1.54) is 0 Å². The summed E-state index contributed by atoms with van der Waals surface area (Å²) in [6.45, 7) is 27.6. The topological polar surface area (TPSA) is 116 Å². The zero-order valence-electron chi connectivity index (χ0n) is 34.4. The number of hydrogen-bond donors (Lipinski definition) is 2. The van der Waals surface area contributed by atoms with Gasteiger partial charge in [0.05, 0.1) is 35.9 Å². The van der Waals surface area contributed by atoms with Gasteiger partial charge in [0.1, 0.15) is 18.3 Å². The molecular weight excluding hydrogens is 638 g/mol. The summed E-state index contributed by atoms with van der Waals surface area (Å²) in [4.78, 5) is 16.4. The smallest absolute Gasteiger partial charge is 0.311 e. The van der Waals surface area contributed by atoms with Gasteiger partial charge in [-0.2, -0.15) is 0 Å². The molecule has 0 aromatic carbocycles. The molecule has 3 heterocycles. The van der Waals surface area contributed by atoms with Crippen LogP contribution >= 0.6 is 0 Å². The van der Waals surface area contributed by atoms with Crippen molar-refractivity contribution in [2.75, 3.05) is 21.2 Å². The Hall–Kier alpha value is -0.850. The van der Waals surface area contributed by atoms with Gasteiger partial charge in [-0.15, -0.1) is 0 Å². The largest absolute Gasteiger partial charge is 0.462 e. The first kappa shape index (κ1) is 43.6. The summed E-state index contributed by atoms with van der Waals surface area (Å²) in [5, 5.41) is 22.6. The van der Waals surface area contributed by atoms with Crippen LogP contribution in [-0.4, -0.2) is 109 Å². The van der Waals surface area contributed by atoms with Gasteiger partial charge in [0.25, 0.3) is 0 Å². The molecule has 16 atom stereocenters. The number of methoxy groups -OCH3 is 1. The third-order valence-corrected chi connectivity index (χ3v) is 13.1. The normalized spacial score (nSPS) is 46.6. The van der Waals surface area contributed by atoms with Crippen LogP contribution in [-0.2, 0) is 33.2 Å². The van der Waals surface area contributed by atoms with E-state index in [1.807, 2.05) is 46.7 Å². The number of aliphatic hydroxyl groups is 2. The van der Waals surface area contributed by atoms with Crippen molar-refractivity contribution in [3.05, 3.63) is 0 Å². The highest BCUT2D eigenvalue weighted by Crippen LogP contribution is 2.46. The monoisotopic (exact) mass is 714 g/mol. The number of aliphatic hydroxyl groups excluding tert-OH is 2. The highest BCUT2D eigenvalue weighted by Gasteiger charge is 2.51. The lowest BCUT2D eigenvalue weighted by Gasteiger charge is -2.50. The fourth-order valence-electron chi connectivity index (χ4n) is 9.56. The first-order chi connectivity index (χ1) is 23.0. The predicted molar refractivity (Wildman–Crippen MR) is 195 cm³/mol. The molecule has 2 N–H and O–H groups in total. The molecule has 14 unspecified atom stereocenters. The molecule has 0 aromatic heterocycles. The molecule has 0 amide bonds. The van der Waals surface area contributed by atoms with E-state index in [2.05, 4.69) is 62.3 Å². The van der Waals surface area contributed by atoms with Gasteiger partial charge < -0.3 is 43.5 Å². The molecule has 3 saturated heterocycles. The van der Waals surface area contributed by atoms with Crippen molar-refractivity contribution in [3.8, 4) is 0 Å². The summed E-state index contributed by atoms with van der Waals surface area (Å²) < 4.78 is 38.8. The molecule has 10 heteroatoms. The minimum absolute atomic E-state index is 0.112. The summed E-state index contributed by atoms with van der Waals surface area (Å²) in [5.74, 6) is -0.300. The second-order valence-corrected chi connectivity index (χ2v) is 18.3. The first-order valence-corrected chi connectivity index (χ1v) is 19.4. The number of ether oxygens (including phenoxy) is 6. The molecule has 0 saturated carbocycles. The average molecular weight is 714 g/mol. The Bertz CT molecular complexity index is 1090. The van der Waals surface area contributed by atoms with E-state index >= 15 is 0 Å². The summed E-state index contributed by atoms with van der Waals surface area (Å²) in [7, 11) is 5.53. The van der Waals surface area contributed by atoms with Crippen LogP contribution in [0.5, 0.6) is 0 Å². The number of likely N-dealkylation sites (N-methyl/N-ethyl adjacent to an activating group) is 1. The fraction of sp³-hybridized carbons (Fsp3) is 0.975. The molecule has 0 aliphatic carbocycles. The highest BCUT2D eigenvalue weighted by molar-refractivity contribution is 5.73. The van der Waals surface area contributed by atoms with Crippen molar-refractivity contribution in [3.63, 3.8) is 0 Å². The van der Waals surface area contributed by atoms with E-state index in [1.54, 1.807) is 7.11 Å². The van der Waals surface area contributed by atoms with Crippen LogP contribution in [0.25, 0.3) is 0 Å². The number of nitrogens with zero attached hydrogens (tertiary/aromatic N) is 1. The Labute approximate surface area is 304 Å². The zero-order valence-corrected chi connectivity index (χ0v) is 34.4. The summed E-state index contributed by atoms with van der Waals surface area (Å²) in [6, 6.07) is -0.132. The highest BCUT2D eigenvalue weighted by atomic mass is 16.7. The van der Waals surface area contributed by atoms with Crippen molar-refractivity contribution in [1.29, 1.82) is 0 Å². The van der Waals surface area contributed by atoms with Crippen molar-refractivity contribution in [2.45, 2.75) is 189 Å². The van der Waals surface area contributed by atoms with Crippen molar-refractivity contribution in [2.24, 2.45) is 40.4 Å². The van der Waals surface area contributed by atoms with Crippen LogP contribution in [0.1, 0.15) is 122 Å². The number of carbonyl (C=O) groups excluding carboxylic acids is 1. The van der Waals surface area contributed by atoms with Crippen LogP contribution in [0, 0.1) is 40.4 Å². The lowest BCUT2D eigenvalue weighted by molar-refractivity contribution is -0.313. The Morgan fingerprint density at radius 2 is 1.52 bits per heavy atom. The quantitative estimate of drug-likeness (QED) is 0.286. The Morgan fingerprint density at radius 3 is 2.08 bits per heavy atom. The lowest BCUT2D eigenvalue weighted by atomic mass is 9.65. The lowest BCUT2D eigenvalue weighted by Crippen LogP contribution is -2.59. The molecule has 0 spiro atoms. The van der Waals surface area contributed by atoms with E-state index in [-0.39, 0.29) is 42.0 Å². The molecule has 3 rings (SSSR count). The van der Waals surface area contributed by atoms with Crippen LogP contribution in [0.15, 0.2) is 0 Å². The van der Waals surface area contributed by atoms with Gasteiger partial charge in [-0.25, -0.2) is 0 Å². The van der Waals surface area contributed by atoms with Crippen molar-refractivity contribution in [1.82, 2.24) is 4.90 Å². The van der Waals surface area contributed by atoms with Crippen LogP contribution < -0.4 is 0 Å². The summed E-state index contributed by atoms with van der Waals surface area (Å²) in [5.41, 5.74) is -1.56. The summed E-state index contributed by atoms with van der Waals surface area (Å²) >= 11 is 0. The molecule has 50 heavy (non-hydrogen) atoms. The maximum atomic E-state index is 14.3. The number of carbonyl (C=O) groups is 1. The second-order valence-electron chi connectivity index (χ2n) is 18.3. The Balaban J connectivity index is 2.15. The van der Waals surface area contributed by atoms with Gasteiger partial charge in [-0.1, -0.05) is 62.3 Å². The molecule has 10 nitrogen and oxygen atoms in total. The molecule has 0 aromatic rings. The minimum atomic E-state index is -0.900. The van der Waals surface area contributed by atoms with Crippen LogP contribution in [0.4, 0.5) is 0 Å². The molecule has 0 radical (unpaired) electrons. The fourth-order valence-corrected chi connectivity index (χ4v) is 9.56. The van der Waals surface area contributed by atoms with E-state index in [4.69, 9.17) is 28.4 Å². The number of rotatable bonds is 7. The van der Waals surface area contributed by atoms with Gasteiger partial charge in [0.15, 0.2) is 12.6 Å². The maximum Gasteiger partial charge on any atom is 0.311 e. The van der Waals surface area contributed by atoms with E-state index in [9.17, 15) is 15.0 Å². The van der Waals surface area contributed by atoms with Gasteiger partial charge in [0, 0.05) is 30.9 Å². The number of esters is 1. The third kappa shape index (κ3) is 9.62. The van der Waals surface area contributed by atoms with Gasteiger partial charge in [-0.3, -0.25) is 4.79 Å². The SMILES string of the molecule is CC[C@H]1OC(=O)C(C)C(OC2CC(C)(OC)C(O)C(C)O2)C(C)C(OC2OC(C)CC(N(C)C)C2O)C(C)(C)CC(C)CC(C)[C@@H](C)C1(C)C. The van der Waals surface area contributed by atoms with Gasteiger partial charge in [0.2, 0.25) is 0 Å². The number of cyclic esters (lactones) is 1. The van der Waals surface area contributed by atoms with Gasteiger partial charge >= 0.3 is 5.97 Å². The van der Waals surface area contributed by atoms with E-state index in [0.29, 0.717) is 30.6 Å². The predicted octanol–water partition coefficient (Wildman–Crippen LogP) is 6.43. The van der Waals surface area contributed by atoms with E-state index in [0.717, 1.165) is 12.8 Å².